The van der Waals surface area contributed by atoms with E-state index in [0.29, 0.717) is 0 Å². The highest BCUT2D eigenvalue weighted by molar-refractivity contribution is 5.73. The summed E-state index contributed by atoms with van der Waals surface area (Å²) in [6.07, 6.45) is 0.659. The Hall–Kier alpha value is -1.40. The fourth-order valence-electron chi connectivity index (χ4n) is 0.976. The van der Waals surface area contributed by atoms with E-state index in [1.54, 1.807) is 0 Å². The number of rotatable bonds is 6. The maximum absolute atomic E-state index is 10.3. The molecule has 0 aliphatic heterocycles. The molecule has 0 rings (SSSR count). The van der Waals surface area contributed by atoms with Gasteiger partial charge in [0.05, 0.1) is 19.4 Å². The van der Waals surface area contributed by atoms with Gasteiger partial charge in [-0.15, -0.1) is 0 Å². The Morgan fingerprint density at radius 2 is 1.57 bits per heavy atom. The Morgan fingerprint density at radius 3 is 1.86 bits per heavy atom. The number of carboxylic acids is 2. The summed E-state index contributed by atoms with van der Waals surface area (Å²) in [6.45, 7) is -0.387. The van der Waals surface area contributed by atoms with Crippen molar-refractivity contribution in [2.75, 3.05) is 6.61 Å². The highest BCUT2D eigenvalue weighted by Crippen LogP contribution is 2.17. The minimum absolute atomic E-state index is 0.387. The fraction of sp³-hybridized carbons (Fsp3) is 0.500. The molecular weight excluding hydrogens is 192 g/mol. The van der Waals surface area contributed by atoms with Crippen molar-refractivity contribution in [1.29, 1.82) is 0 Å². The van der Waals surface area contributed by atoms with E-state index in [2.05, 4.69) is 0 Å². The Balaban J connectivity index is 4.56. The van der Waals surface area contributed by atoms with Gasteiger partial charge >= 0.3 is 11.9 Å². The maximum atomic E-state index is 10.3. The standard InChI is InChI=1S/C8H12O6/c9-3-1-2-8(14,4-6(10)11)5-7(12)13/h1-2,9,14H,3-5H2,(H,10,11)(H,12,13). The molecule has 0 atom stereocenters. The van der Waals surface area contributed by atoms with E-state index >= 15 is 0 Å². The second-order valence-electron chi connectivity index (χ2n) is 2.83. The number of hydrogen-bond acceptors (Lipinski definition) is 4. The number of aliphatic hydroxyl groups is 2. The first-order valence-corrected chi connectivity index (χ1v) is 3.84. The van der Waals surface area contributed by atoms with Crippen molar-refractivity contribution in [3.8, 4) is 0 Å². The van der Waals surface area contributed by atoms with Crippen LogP contribution in [0.5, 0.6) is 0 Å². The summed E-state index contributed by atoms with van der Waals surface area (Å²) in [5.74, 6) is -2.62. The SMILES string of the molecule is O=C(O)CC(O)(C=CCO)CC(=O)O. The smallest absolute Gasteiger partial charge is 0.306 e. The van der Waals surface area contributed by atoms with Crippen LogP contribution in [0.2, 0.25) is 0 Å². The van der Waals surface area contributed by atoms with Crippen LogP contribution < -0.4 is 0 Å². The van der Waals surface area contributed by atoms with Gasteiger partial charge in [0.1, 0.15) is 5.60 Å². The second-order valence-corrected chi connectivity index (χ2v) is 2.83. The third kappa shape index (κ3) is 5.28. The van der Waals surface area contributed by atoms with Gasteiger partial charge in [-0.25, -0.2) is 0 Å². The third-order valence-corrected chi connectivity index (χ3v) is 1.45. The van der Waals surface area contributed by atoms with Crippen LogP contribution in [0.15, 0.2) is 12.2 Å². The number of carboxylic acid groups (broad SMARTS) is 2. The molecule has 0 fully saturated rings. The molecule has 4 N–H and O–H groups in total. The van der Waals surface area contributed by atoms with Gasteiger partial charge in [0, 0.05) is 0 Å². The van der Waals surface area contributed by atoms with E-state index < -0.39 is 30.4 Å². The van der Waals surface area contributed by atoms with Crippen molar-refractivity contribution in [3.05, 3.63) is 12.2 Å². The predicted molar refractivity (Wildman–Crippen MR) is 45.7 cm³/mol. The first-order chi connectivity index (χ1) is 6.39. The maximum Gasteiger partial charge on any atom is 0.306 e. The molecule has 0 aliphatic rings. The Morgan fingerprint density at radius 1 is 1.14 bits per heavy atom. The van der Waals surface area contributed by atoms with E-state index in [4.69, 9.17) is 15.3 Å². The third-order valence-electron chi connectivity index (χ3n) is 1.45. The molecule has 0 saturated heterocycles. The molecule has 0 aromatic carbocycles. The van der Waals surface area contributed by atoms with Gasteiger partial charge < -0.3 is 20.4 Å². The zero-order valence-corrected chi connectivity index (χ0v) is 7.38. The number of hydrogen-bond donors (Lipinski definition) is 4. The van der Waals surface area contributed by atoms with Crippen LogP contribution in [0.1, 0.15) is 12.8 Å². The van der Waals surface area contributed by atoms with Crippen LogP contribution in [0.4, 0.5) is 0 Å². The van der Waals surface area contributed by atoms with Crippen LogP contribution in [0, 0.1) is 0 Å². The highest BCUT2D eigenvalue weighted by atomic mass is 16.4. The van der Waals surface area contributed by atoms with Gasteiger partial charge in [-0.05, 0) is 0 Å². The molecule has 6 heteroatoms. The van der Waals surface area contributed by atoms with Crippen molar-refractivity contribution in [2.24, 2.45) is 0 Å². The Kier molecular flexibility index (Phi) is 4.82. The molecule has 6 nitrogen and oxygen atoms in total. The monoisotopic (exact) mass is 204 g/mol. The van der Waals surface area contributed by atoms with Crippen LogP contribution in [-0.4, -0.2) is 44.6 Å². The normalized spacial score (nSPS) is 11.9. The summed E-state index contributed by atoms with van der Waals surface area (Å²) in [7, 11) is 0. The van der Waals surface area contributed by atoms with E-state index in [9.17, 15) is 14.7 Å². The lowest BCUT2D eigenvalue weighted by Crippen LogP contribution is -2.32. The molecule has 0 radical (unpaired) electrons. The molecule has 0 aliphatic carbocycles. The van der Waals surface area contributed by atoms with Crippen molar-refractivity contribution in [3.63, 3.8) is 0 Å². The average Bonchev–Trinajstić information content (AvgIpc) is 1.97. The van der Waals surface area contributed by atoms with Crippen LogP contribution in [-0.2, 0) is 9.59 Å². The topological polar surface area (TPSA) is 115 Å². The van der Waals surface area contributed by atoms with Gasteiger partial charge in [0.2, 0.25) is 0 Å². The molecule has 0 amide bonds. The molecule has 0 heterocycles. The summed E-state index contributed by atoms with van der Waals surface area (Å²) >= 11 is 0. The minimum Gasteiger partial charge on any atom is -0.481 e. The first kappa shape index (κ1) is 12.6. The van der Waals surface area contributed by atoms with Gasteiger partial charge in [0.25, 0.3) is 0 Å². The summed E-state index contributed by atoms with van der Waals surface area (Å²) in [5.41, 5.74) is -1.94. The zero-order valence-electron chi connectivity index (χ0n) is 7.38. The van der Waals surface area contributed by atoms with E-state index in [1.807, 2.05) is 0 Å². The number of aliphatic carboxylic acids is 2. The Bertz CT molecular complexity index is 228. The summed E-state index contributed by atoms with van der Waals surface area (Å²) in [4.78, 5) is 20.6. The molecule has 0 saturated carbocycles. The summed E-state index contributed by atoms with van der Waals surface area (Å²) in [6, 6.07) is 0. The largest absolute Gasteiger partial charge is 0.481 e. The van der Waals surface area contributed by atoms with Gasteiger partial charge in [-0.3, -0.25) is 9.59 Å². The van der Waals surface area contributed by atoms with Crippen molar-refractivity contribution < 1.29 is 30.0 Å². The first-order valence-electron chi connectivity index (χ1n) is 3.84. The zero-order chi connectivity index (χ0) is 11.2. The molecule has 0 bridgehead atoms. The number of aliphatic hydroxyl groups excluding tert-OH is 1. The minimum atomic E-state index is -1.94. The Labute approximate surface area is 80.1 Å². The summed E-state index contributed by atoms with van der Waals surface area (Å²) in [5, 5.41) is 34.8. The molecule has 0 spiro atoms. The van der Waals surface area contributed by atoms with Crippen molar-refractivity contribution in [2.45, 2.75) is 18.4 Å². The quantitative estimate of drug-likeness (QED) is 0.422. The average molecular weight is 204 g/mol. The van der Waals surface area contributed by atoms with E-state index in [1.165, 1.54) is 0 Å². The predicted octanol–water partition coefficient (Wildman–Crippen LogP) is -0.785. The molecule has 0 aromatic heterocycles. The van der Waals surface area contributed by atoms with Crippen LogP contribution in [0.25, 0.3) is 0 Å². The van der Waals surface area contributed by atoms with Gasteiger partial charge in [-0.2, -0.15) is 0 Å². The van der Waals surface area contributed by atoms with E-state index in [-0.39, 0.29) is 6.61 Å². The van der Waals surface area contributed by atoms with Gasteiger partial charge in [0.15, 0.2) is 0 Å². The van der Waals surface area contributed by atoms with Gasteiger partial charge in [-0.1, -0.05) is 12.2 Å². The molecule has 14 heavy (non-hydrogen) atoms. The van der Waals surface area contributed by atoms with Crippen molar-refractivity contribution in [1.82, 2.24) is 0 Å². The lowest BCUT2D eigenvalue weighted by molar-refractivity contribution is -0.145. The molecular formula is C8H12O6. The molecule has 80 valence electrons. The molecule has 0 aromatic rings. The van der Waals surface area contributed by atoms with E-state index in [0.717, 1.165) is 12.2 Å². The highest BCUT2D eigenvalue weighted by Gasteiger charge is 2.29. The second kappa shape index (κ2) is 5.36. The fourth-order valence-corrected chi connectivity index (χ4v) is 0.976. The van der Waals surface area contributed by atoms with Crippen LogP contribution >= 0.6 is 0 Å². The summed E-state index contributed by atoms with van der Waals surface area (Å²) < 4.78 is 0. The lowest BCUT2D eigenvalue weighted by Gasteiger charge is -2.19. The molecule has 0 unspecified atom stereocenters. The number of carbonyl (C=O) groups is 2. The van der Waals surface area contributed by atoms with Crippen molar-refractivity contribution >= 4 is 11.9 Å². The van der Waals surface area contributed by atoms with Crippen LogP contribution in [0.3, 0.4) is 0 Å². The lowest BCUT2D eigenvalue weighted by atomic mass is 9.95.